The van der Waals surface area contributed by atoms with Gasteiger partial charge in [-0.3, -0.25) is 4.40 Å². The van der Waals surface area contributed by atoms with E-state index in [4.69, 9.17) is 11.6 Å². The van der Waals surface area contributed by atoms with Gasteiger partial charge in [0.25, 0.3) is 0 Å². The maximum Gasteiger partial charge on any atom is 0.160 e. The lowest BCUT2D eigenvalue weighted by Crippen LogP contribution is -2.31. The molecule has 0 amide bonds. The minimum atomic E-state index is 0.715. The molecular formula is C13H17ClN4. The smallest absolute Gasteiger partial charge is 0.160 e. The first-order chi connectivity index (χ1) is 8.72. The van der Waals surface area contributed by atoms with Crippen molar-refractivity contribution < 1.29 is 0 Å². The Morgan fingerprint density at radius 3 is 2.83 bits per heavy atom. The molecule has 1 saturated heterocycles. The second-order valence-corrected chi connectivity index (χ2v) is 5.58. The molecule has 0 radical (unpaired) electrons. The SMILES string of the molecule is CN1CCC(Cc2nnc3ccc(Cl)cn23)CC1. The molecule has 0 bridgehead atoms. The molecule has 4 nitrogen and oxygen atoms in total. The van der Waals surface area contributed by atoms with Gasteiger partial charge in [-0.15, -0.1) is 10.2 Å². The molecular weight excluding hydrogens is 248 g/mol. The van der Waals surface area contributed by atoms with Crippen molar-refractivity contribution in [2.75, 3.05) is 20.1 Å². The molecule has 0 atom stereocenters. The lowest BCUT2D eigenvalue weighted by molar-refractivity contribution is 0.217. The Morgan fingerprint density at radius 2 is 2.06 bits per heavy atom. The third kappa shape index (κ3) is 2.35. The fraction of sp³-hybridized carbons (Fsp3) is 0.538. The van der Waals surface area contributed by atoms with Gasteiger partial charge in [0.1, 0.15) is 5.82 Å². The van der Waals surface area contributed by atoms with E-state index < -0.39 is 0 Å². The van der Waals surface area contributed by atoms with Gasteiger partial charge in [0, 0.05) is 12.6 Å². The fourth-order valence-corrected chi connectivity index (χ4v) is 2.74. The molecule has 2 aromatic heterocycles. The largest absolute Gasteiger partial charge is 0.306 e. The van der Waals surface area contributed by atoms with E-state index >= 15 is 0 Å². The molecule has 2 aromatic rings. The van der Waals surface area contributed by atoms with Gasteiger partial charge in [-0.25, -0.2) is 0 Å². The third-order valence-electron chi connectivity index (χ3n) is 3.75. The van der Waals surface area contributed by atoms with Crippen LogP contribution < -0.4 is 0 Å². The van der Waals surface area contributed by atoms with Crippen LogP contribution in [-0.2, 0) is 6.42 Å². The van der Waals surface area contributed by atoms with Crippen molar-refractivity contribution in [2.24, 2.45) is 5.92 Å². The lowest BCUT2D eigenvalue weighted by atomic mass is 9.93. The number of pyridine rings is 1. The van der Waals surface area contributed by atoms with Crippen LogP contribution in [0, 0.1) is 5.92 Å². The monoisotopic (exact) mass is 264 g/mol. The first-order valence-corrected chi connectivity index (χ1v) is 6.78. The lowest BCUT2D eigenvalue weighted by Gasteiger charge is -2.28. The molecule has 18 heavy (non-hydrogen) atoms. The fourth-order valence-electron chi connectivity index (χ4n) is 2.58. The van der Waals surface area contributed by atoms with E-state index in [-0.39, 0.29) is 0 Å². The van der Waals surface area contributed by atoms with Gasteiger partial charge in [0.15, 0.2) is 5.65 Å². The van der Waals surface area contributed by atoms with Crippen molar-refractivity contribution in [3.05, 3.63) is 29.2 Å². The number of piperidine rings is 1. The highest BCUT2D eigenvalue weighted by molar-refractivity contribution is 6.30. The summed E-state index contributed by atoms with van der Waals surface area (Å²) < 4.78 is 2.01. The minimum absolute atomic E-state index is 0.715. The van der Waals surface area contributed by atoms with E-state index in [1.807, 2.05) is 22.7 Å². The number of nitrogens with zero attached hydrogens (tertiary/aromatic N) is 4. The number of likely N-dealkylation sites (tertiary alicyclic amines) is 1. The molecule has 1 aliphatic rings. The Morgan fingerprint density at radius 1 is 1.28 bits per heavy atom. The highest BCUT2D eigenvalue weighted by Gasteiger charge is 2.19. The topological polar surface area (TPSA) is 33.4 Å². The first kappa shape index (κ1) is 11.9. The molecule has 3 rings (SSSR count). The highest BCUT2D eigenvalue weighted by atomic mass is 35.5. The van der Waals surface area contributed by atoms with Crippen LogP contribution in [0.2, 0.25) is 5.02 Å². The quantitative estimate of drug-likeness (QED) is 0.834. The maximum absolute atomic E-state index is 6.03. The van der Waals surface area contributed by atoms with Crippen LogP contribution in [0.15, 0.2) is 18.3 Å². The van der Waals surface area contributed by atoms with E-state index in [1.54, 1.807) is 0 Å². The van der Waals surface area contributed by atoms with Gasteiger partial charge in [0.05, 0.1) is 5.02 Å². The van der Waals surface area contributed by atoms with E-state index in [2.05, 4.69) is 22.1 Å². The number of fused-ring (bicyclic) bond motifs is 1. The summed E-state index contributed by atoms with van der Waals surface area (Å²) in [6.45, 7) is 2.37. The van der Waals surface area contributed by atoms with Crippen molar-refractivity contribution in [2.45, 2.75) is 19.3 Å². The second-order valence-electron chi connectivity index (χ2n) is 5.14. The summed E-state index contributed by atoms with van der Waals surface area (Å²) in [7, 11) is 2.18. The number of hydrogen-bond donors (Lipinski definition) is 0. The van der Waals surface area contributed by atoms with Crippen molar-refractivity contribution in [3.8, 4) is 0 Å². The molecule has 5 heteroatoms. The average Bonchev–Trinajstić information content (AvgIpc) is 2.75. The zero-order valence-electron chi connectivity index (χ0n) is 10.5. The highest BCUT2D eigenvalue weighted by Crippen LogP contribution is 2.21. The first-order valence-electron chi connectivity index (χ1n) is 6.40. The molecule has 3 heterocycles. The van der Waals surface area contributed by atoms with Crippen LogP contribution in [0.4, 0.5) is 0 Å². The predicted molar refractivity (Wildman–Crippen MR) is 71.9 cm³/mol. The van der Waals surface area contributed by atoms with Crippen LogP contribution in [0.25, 0.3) is 5.65 Å². The Hall–Kier alpha value is -1.13. The van der Waals surface area contributed by atoms with Gasteiger partial charge in [-0.05, 0) is 51.0 Å². The van der Waals surface area contributed by atoms with E-state index in [0.717, 1.165) is 22.9 Å². The van der Waals surface area contributed by atoms with Crippen molar-refractivity contribution in [1.29, 1.82) is 0 Å². The van der Waals surface area contributed by atoms with Crippen molar-refractivity contribution >= 4 is 17.2 Å². The summed E-state index contributed by atoms with van der Waals surface area (Å²) in [4.78, 5) is 2.38. The Balaban J connectivity index is 1.80. The van der Waals surface area contributed by atoms with Gasteiger partial charge in [-0.2, -0.15) is 0 Å². The zero-order valence-corrected chi connectivity index (χ0v) is 11.3. The van der Waals surface area contributed by atoms with E-state index in [1.165, 1.54) is 25.9 Å². The summed E-state index contributed by atoms with van der Waals surface area (Å²) in [6, 6.07) is 3.76. The van der Waals surface area contributed by atoms with Crippen LogP contribution in [0.1, 0.15) is 18.7 Å². The minimum Gasteiger partial charge on any atom is -0.306 e. The Labute approximate surface area is 112 Å². The Bertz CT molecular complexity index is 543. The Kier molecular flexibility index (Phi) is 3.22. The van der Waals surface area contributed by atoms with Crippen LogP contribution in [0.5, 0.6) is 0 Å². The number of hydrogen-bond acceptors (Lipinski definition) is 3. The standard InChI is InChI=1S/C13H17ClN4/c1-17-6-4-10(5-7-17)8-13-16-15-12-3-2-11(14)9-18(12)13/h2-3,9-10H,4-8H2,1H3. The molecule has 0 spiro atoms. The summed E-state index contributed by atoms with van der Waals surface area (Å²) in [5.41, 5.74) is 0.877. The number of rotatable bonds is 2. The molecule has 1 fully saturated rings. The van der Waals surface area contributed by atoms with Crippen LogP contribution >= 0.6 is 11.6 Å². The molecule has 96 valence electrons. The van der Waals surface area contributed by atoms with Gasteiger partial charge in [0.2, 0.25) is 0 Å². The summed E-state index contributed by atoms with van der Waals surface area (Å²) in [5, 5.41) is 9.20. The number of aromatic nitrogens is 3. The summed E-state index contributed by atoms with van der Waals surface area (Å²) in [5.74, 6) is 1.75. The van der Waals surface area contributed by atoms with Crippen LogP contribution in [0.3, 0.4) is 0 Å². The maximum atomic E-state index is 6.03. The van der Waals surface area contributed by atoms with E-state index in [0.29, 0.717) is 5.92 Å². The molecule has 0 unspecified atom stereocenters. The molecule has 0 saturated carbocycles. The average molecular weight is 265 g/mol. The van der Waals surface area contributed by atoms with Crippen molar-refractivity contribution in [3.63, 3.8) is 0 Å². The van der Waals surface area contributed by atoms with E-state index in [9.17, 15) is 0 Å². The second kappa shape index (κ2) is 4.86. The molecule has 1 aliphatic heterocycles. The third-order valence-corrected chi connectivity index (χ3v) is 3.97. The van der Waals surface area contributed by atoms with Gasteiger partial charge >= 0.3 is 0 Å². The zero-order chi connectivity index (χ0) is 12.5. The van der Waals surface area contributed by atoms with Gasteiger partial charge in [-0.1, -0.05) is 11.6 Å². The summed E-state index contributed by atoms with van der Waals surface area (Å²) in [6.07, 6.45) is 5.38. The molecule has 0 aromatic carbocycles. The predicted octanol–water partition coefficient (Wildman–Crippen LogP) is 2.27. The van der Waals surface area contributed by atoms with Crippen LogP contribution in [-0.4, -0.2) is 39.6 Å². The van der Waals surface area contributed by atoms with Gasteiger partial charge < -0.3 is 4.90 Å². The van der Waals surface area contributed by atoms with Crippen molar-refractivity contribution in [1.82, 2.24) is 19.5 Å². The molecule has 0 N–H and O–H groups in total. The normalized spacial score (nSPS) is 18.6. The molecule has 0 aliphatic carbocycles. The summed E-state index contributed by atoms with van der Waals surface area (Å²) >= 11 is 6.03. The number of halogens is 1.